The molecule has 8 heteroatoms. The molecule has 1 unspecified atom stereocenters. The summed E-state index contributed by atoms with van der Waals surface area (Å²) in [7, 11) is 3.96. The zero-order valence-corrected chi connectivity index (χ0v) is 19.4. The fourth-order valence-electron chi connectivity index (χ4n) is 3.78. The molecular weight excluding hydrogens is 416 g/mol. The molecule has 30 heavy (non-hydrogen) atoms. The van der Waals surface area contributed by atoms with Gasteiger partial charge in [0.25, 0.3) is 5.91 Å². The third-order valence-electron chi connectivity index (χ3n) is 5.61. The molecule has 2 saturated heterocycles. The molecule has 0 bridgehead atoms. The Balaban J connectivity index is 1.22. The second-order valence-electron chi connectivity index (χ2n) is 8.02. The van der Waals surface area contributed by atoms with Gasteiger partial charge < -0.3 is 15.5 Å². The van der Waals surface area contributed by atoms with Gasteiger partial charge in [0, 0.05) is 55.4 Å². The number of pyridine rings is 1. The van der Waals surface area contributed by atoms with Gasteiger partial charge in [-0.3, -0.25) is 14.6 Å². The van der Waals surface area contributed by atoms with Crippen molar-refractivity contribution in [2.24, 2.45) is 0 Å². The highest BCUT2D eigenvalue weighted by molar-refractivity contribution is 8.77. The molecule has 3 heterocycles. The Labute approximate surface area is 188 Å². The smallest absolute Gasteiger partial charge is 0.252 e. The second-order valence-corrected chi connectivity index (χ2v) is 10.8. The number of nitrogens with one attached hydrogen (secondary N) is 2. The van der Waals surface area contributed by atoms with Gasteiger partial charge in [-0.15, -0.1) is 0 Å². The largest absolute Gasteiger partial charge is 0.354 e. The maximum Gasteiger partial charge on any atom is 0.252 e. The third-order valence-corrected chi connectivity index (χ3v) is 8.62. The number of unbranched alkanes of at least 4 members (excludes halogenated alkanes) is 1. The predicted octanol–water partition coefficient (Wildman–Crippen LogP) is 3.28. The number of hydrogen-bond acceptors (Lipinski definition) is 6. The molecule has 0 saturated carbocycles. The minimum atomic E-state index is -0.144. The predicted molar refractivity (Wildman–Crippen MR) is 126 cm³/mol. The van der Waals surface area contributed by atoms with Gasteiger partial charge in [-0.1, -0.05) is 28.0 Å². The monoisotopic (exact) mass is 450 g/mol. The number of aromatic nitrogens is 1. The molecule has 1 aromatic rings. The first-order valence-electron chi connectivity index (χ1n) is 11.2. The van der Waals surface area contributed by atoms with Crippen LogP contribution in [-0.2, 0) is 11.2 Å². The van der Waals surface area contributed by atoms with Crippen LogP contribution in [-0.4, -0.2) is 65.4 Å². The molecule has 0 aliphatic carbocycles. The Kier molecular flexibility index (Phi) is 10.3. The average Bonchev–Trinajstić information content (AvgIpc) is 3.47. The Morgan fingerprint density at radius 3 is 2.70 bits per heavy atom. The summed E-state index contributed by atoms with van der Waals surface area (Å²) in [6.07, 6.45) is 10.3. The topological polar surface area (TPSA) is 74.3 Å². The molecule has 2 aliphatic heterocycles. The molecule has 3 rings (SSSR count). The molecule has 1 aromatic heterocycles. The van der Waals surface area contributed by atoms with Crippen molar-refractivity contribution in [2.75, 3.05) is 38.5 Å². The van der Waals surface area contributed by atoms with Gasteiger partial charge in [-0.05, 0) is 57.3 Å². The van der Waals surface area contributed by atoms with Crippen LogP contribution in [0.5, 0.6) is 0 Å². The van der Waals surface area contributed by atoms with Crippen molar-refractivity contribution in [3.8, 4) is 0 Å². The molecule has 0 aromatic carbocycles. The van der Waals surface area contributed by atoms with E-state index >= 15 is 0 Å². The molecular formula is C22H34N4O2S2. The summed E-state index contributed by atoms with van der Waals surface area (Å²) in [6.45, 7) is 4.31. The van der Waals surface area contributed by atoms with Crippen molar-refractivity contribution in [1.29, 1.82) is 0 Å². The number of carbonyl (C=O) groups is 2. The van der Waals surface area contributed by atoms with Crippen LogP contribution < -0.4 is 10.6 Å². The van der Waals surface area contributed by atoms with Crippen molar-refractivity contribution in [1.82, 2.24) is 20.5 Å². The molecule has 2 aliphatic rings. The minimum Gasteiger partial charge on any atom is -0.354 e. The lowest BCUT2D eigenvalue weighted by atomic mass is 10.1. The van der Waals surface area contributed by atoms with Gasteiger partial charge in [0.15, 0.2) is 0 Å². The summed E-state index contributed by atoms with van der Waals surface area (Å²) < 4.78 is 0. The standard InChI is InChI=1S/C22H34N4O2S2/c27-21(6-2-1-5-20-10-16-29-30-20)23-11-12-24-22(28)18-7-8-19(25-17-18)9-15-26-13-3-4-14-26/h7-8,17,20H,1-6,9-16H2,(H,23,27)(H,24,28). The van der Waals surface area contributed by atoms with Gasteiger partial charge >= 0.3 is 0 Å². The van der Waals surface area contributed by atoms with E-state index in [0.29, 0.717) is 25.1 Å². The SMILES string of the molecule is O=C(CCCCC1CCSS1)NCCNC(=O)c1ccc(CCN2CCCC2)nc1. The lowest BCUT2D eigenvalue weighted by molar-refractivity contribution is -0.121. The first kappa shape index (κ1) is 23.4. The average molecular weight is 451 g/mol. The Bertz CT molecular complexity index is 660. The molecule has 166 valence electrons. The summed E-state index contributed by atoms with van der Waals surface area (Å²) in [5, 5.41) is 6.51. The van der Waals surface area contributed by atoms with E-state index in [9.17, 15) is 9.59 Å². The number of amides is 2. The summed E-state index contributed by atoms with van der Waals surface area (Å²) in [5.41, 5.74) is 1.59. The van der Waals surface area contributed by atoms with Gasteiger partial charge in [0.1, 0.15) is 0 Å². The molecule has 6 nitrogen and oxygen atoms in total. The highest BCUT2D eigenvalue weighted by Crippen LogP contribution is 2.39. The van der Waals surface area contributed by atoms with Gasteiger partial charge in [-0.2, -0.15) is 0 Å². The van der Waals surface area contributed by atoms with Crippen LogP contribution in [0.2, 0.25) is 0 Å². The van der Waals surface area contributed by atoms with Crippen molar-refractivity contribution in [3.05, 3.63) is 29.6 Å². The Morgan fingerprint density at radius 2 is 1.97 bits per heavy atom. The zero-order chi connectivity index (χ0) is 21.0. The maximum atomic E-state index is 12.2. The van der Waals surface area contributed by atoms with E-state index in [-0.39, 0.29) is 11.8 Å². The van der Waals surface area contributed by atoms with Crippen LogP contribution in [0.1, 0.15) is 61.0 Å². The molecule has 0 spiro atoms. The van der Waals surface area contributed by atoms with Crippen molar-refractivity contribution in [2.45, 2.75) is 56.6 Å². The molecule has 0 radical (unpaired) electrons. The quantitative estimate of drug-likeness (QED) is 0.376. The van der Waals surface area contributed by atoms with Crippen molar-refractivity contribution >= 4 is 33.4 Å². The van der Waals surface area contributed by atoms with Crippen LogP contribution >= 0.6 is 21.6 Å². The minimum absolute atomic E-state index is 0.0710. The highest BCUT2D eigenvalue weighted by atomic mass is 33.1. The van der Waals surface area contributed by atoms with E-state index < -0.39 is 0 Å². The van der Waals surface area contributed by atoms with Crippen LogP contribution in [0.4, 0.5) is 0 Å². The summed E-state index contributed by atoms with van der Waals surface area (Å²) in [5.74, 6) is 1.19. The van der Waals surface area contributed by atoms with E-state index in [2.05, 4.69) is 20.5 Å². The number of rotatable bonds is 12. The van der Waals surface area contributed by atoms with Crippen molar-refractivity contribution in [3.63, 3.8) is 0 Å². The maximum absolute atomic E-state index is 12.2. The third kappa shape index (κ3) is 8.47. The van der Waals surface area contributed by atoms with Gasteiger partial charge in [0.05, 0.1) is 5.56 Å². The Morgan fingerprint density at radius 1 is 1.13 bits per heavy atom. The number of hydrogen-bond donors (Lipinski definition) is 2. The van der Waals surface area contributed by atoms with E-state index in [1.54, 1.807) is 6.20 Å². The van der Waals surface area contributed by atoms with E-state index in [0.717, 1.165) is 36.8 Å². The molecule has 2 amide bonds. The van der Waals surface area contributed by atoms with Crippen LogP contribution in [0, 0.1) is 0 Å². The fraction of sp³-hybridized carbons (Fsp3) is 0.682. The zero-order valence-electron chi connectivity index (χ0n) is 17.7. The number of likely N-dealkylation sites (tertiary alicyclic amines) is 1. The molecule has 2 N–H and O–H groups in total. The lowest BCUT2D eigenvalue weighted by Crippen LogP contribution is -2.34. The van der Waals surface area contributed by atoms with E-state index in [1.165, 1.54) is 44.5 Å². The van der Waals surface area contributed by atoms with Gasteiger partial charge in [0.2, 0.25) is 5.91 Å². The molecule has 2 fully saturated rings. The summed E-state index contributed by atoms with van der Waals surface area (Å²) in [6, 6.07) is 3.77. The first-order chi connectivity index (χ1) is 14.7. The van der Waals surface area contributed by atoms with Crippen LogP contribution in [0.15, 0.2) is 18.3 Å². The summed E-state index contributed by atoms with van der Waals surface area (Å²) in [4.78, 5) is 31.0. The van der Waals surface area contributed by atoms with E-state index in [4.69, 9.17) is 0 Å². The van der Waals surface area contributed by atoms with Gasteiger partial charge in [-0.25, -0.2) is 0 Å². The lowest BCUT2D eigenvalue weighted by Gasteiger charge is -2.13. The Hall–Kier alpha value is -1.25. The van der Waals surface area contributed by atoms with Crippen molar-refractivity contribution < 1.29 is 9.59 Å². The summed E-state index contributed by atoms with van der Waals surface area (Å²) >= 11 is 0. The highest BCUT2D eigenvalue weighted by Gasteiger charge is 2.16. The van der Waals surface area contributed by atoms with E-state index in [1.807, 2.05) is 33.7 Å². The second kappa shape index (κ2) is 13.2. The number of nitrogens with zero attached hydrogens (tertiary/aromatic N) is 2. The normalized spacial score (nSPS) is 19.1. The fourth-order valence-corrected chi connectivity index (χ4v) is 6.80. The van der Waals surface area contributed by atoms with Crippen LogP contribution in [0.25, 0.3) is 0 Å². The van der Waals surface area contributed by atoms with Crippen LogP contribution in [0.3, 0.4) is 0 Å². The number of carbonyl (C=O) groups excluding carboxylic acids is 2. The molecule has 1 atom stereocenters. The first-order valence-corrected chi connectivity index (χ1v) is 13.6.